The van der Waals surface area contributed by atoms with Crippen LogP contribution in [0.5, 0.6) is 0 Å². The van der Waals surface area contributed by atoms with Gasteiger partial charge >= 0.3 is 6.09 Å². The molecule has 2 aliphatic heterocycles. The summed E-state index contributed by atoms with van der Waals surface area (Å²) in [6, 6.07) is 0.556. The minimum Gasteiger partial charge on any atom is -0.444 e. The lowest BCUT2D eigenvalue weighted by Crippen LogP contribution is -2.51. The Hall–Kier alpha value is -0.810. The third kappa shape index (κ3) is 5.64. The van der Waals surface area contributed by atoms with Crippen molar-refractivity contribution in [1.82, 2.24) is 9.80 Å². The number of nitrogens with zero attached hydrogens (tertiary/aromatic N) is 2. The summed E-state index contributed by atoms with van der Waals surface area (Å²) >= 11 is 0. The second-order valence-electron chi connectivity index (χ2n) is 8.00. The summed E-state index contributed by atoms with van der Waals surface area (Å²) in [5.74, 6) is 0.537. The Morgan fingerprint density at radius 1 is 1.17 bits per heavy atom. The highest BCUT2D eigenvalue weighted by Gasteiger charge is 2.35. The highest BCUT2D eigenvalue weighted by molar-refractivity contribution is 5.68. The van der Waals surface area contributed by atoms with E-state index in [4.69, 9.17) is 9.84 Å². The molecule has 2 fully saturated rings. The Labute approximate surface area is 141 Å². The third-order valence-corrected chi connectivity index (χ3v) is 4.92. The van der Waals surface area contributed by atoms with Gasteiger partial charge in [0.25, 0.3) is 0 Å². The SMILES string of the molecule is CC(C)(C)OC(=O)N1CCC[C@H]([C@@H]2CCCCN2CCCO)C1. The monoisotopic (exact) mass is 326 g/mol. The van der Waals surface area contributed by atoms with Crippen LogP contribution in [0.15, 0.2) is 0 Å². The van der Waals surface area contributed by atoms with Crippen LogP contribution < -0.4 is 0 Å². The summed E-state index contributed by atoms with van der Waals surface area (Å²) in [6.45, 7) is 9.76. The van der Waals surface area contributed by atoms with E-state index >= 15 is 0 Å². The lowest BCUT2D eigenvalue weighted by molar-refractivity contribution is 0.00398. The van der Waals surface area contributed by atoms with E-state index in [9.17, 15) is 4.79 Å². The number of carbonyl (C=O) groups is 1. The van der Waals surface area contributed by atoms with E-state index in [2.05, 4.69) is 4.90 Å². The number of aliphatic hydroxyl groups excluding tert-OH is 1. The topological polar surface area (TPSA) is 53.0 Å². The van der Waals surface area contributed by atoms with E-state index in [-0.39, 0.29) is 12.7 Å². The quantitative estimate of drug-likeness (QED) is 0.863. The van der Waals surface area contributed by atoms with Crippen LogP contribution >= 0.6 is 0 Å². The van der Waals surface area contributed by atoms with Crippen molar-refractivity contribution >= 4 is 6.09 Å². The summed E-state index contributed by atoms with van der Waals surface area (Å²) in [7, 11) is 0. The largest absolute Gasteiger partial charge is 0.444 e. The van der Waals surface area contributed by atoms with E-state index in [1.807, 2.05) is 25.7 Å². The second kappa shape index (κ2) is 8.34. The van der Waals surface area contributed by atoms with Gasteiger partial charge in [-0.05, 0) is 65.3 Å². The van der Waals surface area contributed by atoms with Crippen molar-refractivity contribution in [3.05, 3.63) is 0 Å². The van der Waals surface area contributed by atoms with Crippen molar-refractivity contribution in [2.24, 2.45) is 5.92 Å². The molecule has 5 nitrogen and oxygen atoms in total. The molecule has 2 aliphatic rings. The number of amides is 1. The zero-order valence-corrected chi connectivity index (χ0v) is 15.1. The predicted octanol–water partition coefficient (Wildman–Crippen LogP) is 2.87. The molecule has 2 heterocycles. The van der Waals surface area contributed by atoms with Crippen molar-refractivity contribution in [1.29, 1.82) is 0 Å². The molecule has 1 N–H and O–H groups in total. The molecule has 0 aliphatic carbocycles. The number of hydrogen-bond donors (Lipinski definition) is 1. The number of rotatable bonds is 4. The molecular formula is C18H34N2O3. The molecule has 2 atom stereocenters. The average Bonchev–Trinajstić information content (AvgIpc) is 2.52. The van der Waals surface area contributed by atoms with Gasteiger partial charge in [0.2, 0.25) is 0 Å². The van der Waals surface area contributed by atoms with Gasteiger partial charge in [-0.15, -0.1) is 0 Å². The Bertz CT molecular complexity index is 381. The number of aliphatic hydroxyl groups is 1. The van der Waals surface area contributed by atoms with Crippen LogP contribution in [0.3, 0.4) is 0 Å². The molecule has 0 spiro atoms. The summed E-state index contributed by atoms with van der Waals surface area (Å²) in [5.41, 5.74) is -0.429. The van der Waals surface area contributed by atoms with Gasteiger partial charge in [0, 0.05) is 32.3 Å². The molecule has 23 heavy (non-hydrogen) atoms. The van der Waals surface area contributed by atoms with Gasteiger partial charge in [0.05, 0.1) is 0 Å². The Kier molecular flexibility index (Phi) is 6.72. The van der Waals surface area contributed by atoms with Gasteiger partial charge in [-0.2, -0.15) is 0 Å². The van der Waals surface area contributed by atoms with Crippen LogP contribution in [0.4, 0.5) is 4.79 Å². The van der Waals surface area contributed by atoms with Crippen LogP contribution in [0.2, 0.25) is 0 Å². The van der Waals surface area contributed by atoms with Crippen molar-refractivity contribution < 1.29 is 14.6 Å². The van der Waals surface area contributed by atoms with Gasteiger partial charge in [0.1, 0.15) is 5.60 Å². The number of likely N-dealkylation sites (tertiary alicyclic amines) is 2. The van der Waals surface area contributed by atoms with Crippen molar-refractivity contribution in [3.8, 4) is 0 Å². The van der Waals surface area contributed by atoms with Gasteiger partial charge in [-0.3, -0.25) is 4.90 Å². The molecule has 0 saturated carbocycles. The standard InChI is InChI=1S/C18H34N2O3/c1-18(2,3)23-17(22)20-11-6-8-15(14-20)16-9-4-5-10-19(16)12-7-13-21/h15-16,21H,4-14H2,1-3H3/t15-,16-/m0/s1. The maximum absolute atomic E-state index is 12.4. The fourth-order valence-electron chi connectivity index (χ4n) is 3.92. The smallest absolute Gasteiger partial charge is 0.410 e. The number of piperidine rings is 2. The molecule has 0 aromatic carbocycles. The van der Waals surface area contributed by atoms with E-state index in [1.54, 1.807) is 0 Å². The zero-order valence-electron chi connectivity index (χ0n) is 15.1. The van der Waals surface area contributed by atoms with Gasteiger partial charge < -0.3 is 14.7 Å². The fraction of sp³-hybridized carbons (Fsp3) is 0.944. The number of ether oxygens (including phenoxy) is 1. The molecule has 0 aromatic rings. The van der Waals surface area contributed by atoms with Crippen LogP contribution in [-0.4, -0.2) is 65.4 Å². The van der Waals surface area contributed by atoms with Gasteiger partial charge in [-0.1, -0.05) is 6.42 Å². The van der Waals surface area contributed by atoms with Crippen molar-refractivity contribution in [3.63, 3.8) is 0 Å². The Balaban J connectivity index is 1.94. The first-order valence-corrected chi connectivity index (χ1v) is 9.23. The number of hydrogen-bond acceptors (Lipinski definition) is 4. The Morgan fingerprint density at radius 3 is 2.65 bits per heavy atom. The van der Waals surface area contributed by atoms with Crippen LogP contribution in [0.25, 0.3) is 0 Å². The minimum atomic E-state index is -0.429. The van der Waals surface area contributed by atoms with Crippen LogP contribution in [-0.2, 0) is 4.74 Å². The van der Waals surface area contributed by atoms with Crippen LogP contribution in [0, 0.1) is 5.92 Å². The van der Waals surface area contributed by atoms with E-state index in [0.29, 0.717) is 12.0 Å². The summed E-state index contributed by atoms with van der Waals surface area (Å²) in [5, 5.41) is 9.12. The molecule has 5 heteroatoms. The van der Waals surface area contributed by atoms with E-state index < -0.39 is 5.60 Å². The molecule has 134 valence electrons. The van der Waals surface area contributed by atoms with Crippen LogP contribution in [0.1, 0.15) is 59.3 Å². The average molecular weight is 326 g/mol. The maximum Gasteiger partial charge on any atom is 0.410 e. The molecule has 0 bridgehead atoms. The Morgan fingerprint density at radius 2 is 1.96 bits per heavy atom. The molecule has 2 rings (SSSR count). The molecule has 0 aromatic heterocycles. The minimum absolute atomic E-state index is 0.167. The lowest BCUT2D eigenvalue weighted by atomic mass is 9.84. The van der Waals surface area contributed by atoms with E-state index in [1.165, 1.54) is 25.7 Å². The molecule has 2 saturated heterocycles. The molecule has 0 unspecified atom stereocenters. The molecule has 1 amide bonds. The van der Waals surface area contributed by atoms with Gasteiger partial charge in [0.15, 0.2) is 0 Å². The lowest BCUT2D eigenvalue weighted by Gasteiger charge is -2.44. The third-order valence-electron chi connectivity index (χ3n) is 4.92. The first-order chi connectivity index (χ1) is 10.9. The highest BCUT2D eigenvalue weighted by atomic mass is 16.6. The van der Waals surface area contributed by atoms with Crippen molar-refractivity contribution in [2.45, 2.75) is 70.9 Å². The highest BCUT2D eigenvalue weighted by Crippen LogP contribution is 2.30. The first-order valence-electron chi connectivity index (χ1n) is 9.23. The predicted molar refractivity (Wildman–Crippen MR) is 91.4 cm³/mol. The first kappa shape index (κ1) is 18.5. The van der Waals surface area contributed by atoms with Gasteiger partial charge in [-0.25, -0.2) is 4.79 Å². The summed E-state index contributed by atoms with van der Waals surface area (Å²) in [6.07, 6.45) is 6.69. The normalized spacial score (nSPS) is 27.0. The summed E-state index contributed by atoms with van der Waals surface area (Å²) < 4.78 is 5.54. The summed E-state index contributed by atoms with van der Waals surface area (Å²) in [4.78, 5) is 16.8. The van der Waals surface area contributed by atoms with Crippen molar-refractivity contribution in [2.75, 3.05) is 32.8 Å². The van der Waals surface area contributed by atoms with E-state index in [0.717, 1.165) is 39.0 Å². The zero-order chi connectivity index (χ0) is 16.9. The molecule has 0 radical (unpaired) electrons. The maximum atomic E-state index is 12.4. The fourth-order valence-corrected chi connectivity index (χ4v) is 3.92. The number of carbonyl (C=O) groups excluding carboxylic acids is 1. The molecular weight excluding hydrogens is 292 g/mol. The second-order valence-corrected chi connectivity index (χ2v) is 8.00.